The van der Waals surface area contributed by atoms with Crippen LogP contribution in [0.15, 0.2) is 48.7 Å². The molecule has 92 valence electrons. The standard InChI is InChI=1S/C15H15NO2/c1-3-5-13(4-2)16-9-8-11-10-12(15(17)18)6-7-14(11)16/h3-10H,1-2H3,(H,17,18). The number of nitrogens with zero attached hydrogens (tertiary/aromatic N) is 1. The smallest absolute Gasteiger partial charge is 0.335 e. The highest BCUT2D eigenvalue weighted by Crippen LogP contribution is 2.21. The molecule has 0 saturated carbocycles. The summed E-state index contributed by atoms with van der Waals surface area (Å²) in [4.78, 5) is 10.9. The van der Waals surface area contributed by atoms with Crippen LogP contribution in [0, 0.1) is 0 Å². The van der Waals surface area contributed by atoms with Crippen LogP contribution in [0.1, 0.15) is 24.2 Å². The molecule has 0 fully saturated rings. The molecule has 0 aliphatic heterocycles. The maximum Gasteiger partial charge on any atom is 0.335 e. The number of hydrogen-bond acceptors (Lipinski definition) is 1. The second-order valence-electron chi connectivity index (χ2n) is 3.98. The molecule has 0 spiro atoms. The molecule has 3 nitrogen and oxygen atoms in total. The predicted molar refractivity (Wildman–Crippen MR) is 73.7 cm³/mol. The van der Waals surface area contributed by atoms with Gasteiger partial charge in [0, 0.05) is 17.3 Å². The van der Waals surface area contributed by atoms with Crippen LogP contribution >= 0.6 is 0 Å². The Bertz CT molecular complexity index is 648. The first kappa shape index (κ1) is 12.2. The summed E-state index contributed by atoms with van der Waals surface area (Å²) >= 11 is 0. The molecular weight excluding hydrogens is 226 g/mol. The third-order valence-electron chi connectivity index (χ3n) is 2.85. The van der Waals surface area contributed by atoms with Gasteiger partial charge >= 0.3 is 5.97 Å². The lowest BCUT2D eigenvalue weighted by atomic mass is 10.1. The molecular formula is C15H15NO2. The highest BCUT2D eigenvalue weighted by molar-refractivity contribution is 5.94. The van der Waals surface area contributed by atoms with Crippen LogP contribution in [-0.4, -0.2) is 15.6 Å². The molecule has 1 aromatic carbocycles. The van der Waals surface area contributed by atoms with Crippen molar-refractivity contribution in [2.24, 2.45) is 0 Å². The maximum atomic E-state index is 10.9. The van der Waals surface area contributed by atoms with Crippen molar-refractivity contribution < 1.29 is 9.90 Å². The van der Waals surface area contributed by atoms with Gasteiger partial charge in [-0.3, -0.25) is 0 Å². The highest BCUT2D eigenvalue weighted by Gasteiger charge is 2.07. The summed E-state index contributed by atoms with van der Waals surface area (Å²) < 4.78 is 2.04. The van der Waals surface area contributed by atoms with Crippen LogP contribution in [-0.2, 0) is 0 Å². The van der Waals surface area contributed by atoms with E-state index in [0.717, 1.165) is 16.6 Å². The zero-order valence-electron chi connectivity index (χ0n) is 10.4. The normalized spacial score (nSPS) is 12.4. The van der Waals surface area contributed by atoms with Gasteiger partial charge in [0.1, 0.15) is 0 Å². The van der Waals surface area contributed by atoms with Gasteiger partial charge in [-0.1, -0.05) is 12.2 Å². The first-order valence-corrected chi connectivity index (χ1v) is 5.81. The molecule has 3 heteroatoms. The molecule has 2 rings (SSSR count). The van der Waals surface area contributed by atoms with E-state index in [1.165, 1.54) is 0 Å². The Hall–Kier alpha value is -2.29. The van der Waals surface area contributed by atoms with E-state index in [4.69, 9.17) is 5.11 Å². The van der Waals surface area contributed by atoms with E-state index in [1.807, 2.05) is 55.0 Å². The van der Waals surface area contributed by atoms with Gasteiger partial charge in [-0.25, -0.2) is 4.79 Å². The van der Waals surface area contributed by atoms with Crippen molar-refractivity contribution in [2.45, 2.75) is 13.8 Å². The molecule has 1 N–H and O–H groups in total. The number of carbonyl (C=O) groups is 1. The zero-order valence-corrected chi connectivity index (χ0v) is 10.4. The number of hydrogen-bond donors (Lipinski definition) is 1. The average molecular weight is 241 g/mol. The van der Waals surface area contributed by atoms with E-state index in [2.05, 4.69) is 0 Å². The molecule has 0 unspecified atom stereocenters. The summed E-state index contributed by atoms with van der Waals surface area (Å²) in [7, 11) is 0. The van der Waals surface area contributed by atoms with Gasteiger partial charge in [0.2, 0.25) is 0 Å². The monoisotopic (exact) mass is 241 g/mol. The quantitative estimate of drug-likeness (QED) is 0.831. The topological polar surface area (TPSA) is 42.2 Å². The van der Waals surface area contributed by atoms with E-state index in [-0.39, 0.29) is 0 Å². The minimum absolute atomic E-state index is 0.313. The van der Waals surface area contributed by atoms with Crippen molar-refractivity contribution in [1.29, 1.82) is 0 Å². The Morgan fingerprint density at radius 3 is 2.67 bits per heavy atom. The van der Waals surface area contributed by atoms with Crippen LogP contribution in [0.5, 0.6) is 0 Å². The maximum absolute atomic E-state index is 10.9. The SMILES string of the molecule is CC=CC(=CC)n1ccc2cc(C(=O)O)ccc21. The number of rotatable bonds is 3. The number of carboxylic acids is 1. The third kappa shape index (κ3) is 2.07. The summed E-state index contributed by atoms with van der Waals surface area (Å²) in [6.07, 6.45) is 7.97. The molecule has 0 aliphatic carbocycles. The van der Waals surface area contributed by atoms with Crippen molar-refractivity contribution in [2.75, 3.05) is 0 Å². The fourth-order valence-electron chi connectivity index (χ4n) is 1.99. The minimum atomic E-state index is -0.899. The van der Waals surface area contributed by atoms with Crippen molar-refractivity contribution in [3.63, 3.8) is 0 Å². The van der Waals surface area contributed by atoms with Crippen LogP contribution in [0.4, 0.5) is 0 Å². The molecule has 2 aromatic rings. The number of allylic oxidation sites excluding steroid dienone is 4. The van der Waals surface area contributed by atoms with Crippen molar-refractivity contribution in [3.05, 3.63) is 54.3 Å². The lowest BCUT2D eigenvalue weighted by molar-refractivity contribution is 0.0697. The van der Waals surface area contributed by atoms with Crippen LogP contribution in [0.2, 0.25) is 0 Å². The summed E-state index contributed by atoms with van der Waals surface area (Å²) in [5, 5.41) is 9.89. The molecule has 0 amide bonds. The number of aromatic carboxylic acids is 1. The van der Waals surface area contributed by atoms with Crippen LogP contribution < -0.4 is 0 Å². The second kappa shape index (κ2) is 4.92. The average Bonchev–Trinajstić information content (AvgIpc) is 2.78. The van der Waals surface area contributed by atoms with Gasteiger partial charge in [0.05, 0.1) is 11.1 Å². The fourth-order valence-corrected chi connectivity index (χ4v) is 1.99. The molecule has 0 radical (unpaired) electrons. The van der Waals surface area contributed by atoms with Gasteiger partial charge in [-0.05, 0) is 44.2 Å². The van der Waals surface area contributed by atoms with E-state index in [1.54, 1.807) is 12.1 Å². The first-order valence-electron chi connectivity index (χ1n) is 5.81. The number of carboxylic acid groups (broad SMARTS) is 1. The van der Waals surface area contributed by atoms with Gasteiger partial charge in [0.25, 0.3) is 0 Å². The minimum Gasteiger partial charge on any atom is -0.478 e. The highest BCUT2D eigenvalue weighted by atomic mass is 16.4. The molecule has 1 heterocycles. The van der Waals surface area contributed by atoms with Crippen molar-refractivity contribution in [1.82, 2.24) is 4.57 Å². The van der Waals surface area contributed by atoms with Gasteiger partial charge in [-0.15, -0.1) is 0 Å². The third-order valence-corrected chi connectivity index (χ3v) is 2.85. The van der Waals surface area contributed by atoms with E-state index >= 15 is 0 Å². The Labute approximate surface area is 106 Å². The predicted octanol–water partition coefficient (Wildman–Crippen LogP) is 3.78. The van der Waals surface area contributed by atoms with Gasteiger partial charge in [-0.2, -0.15) is 0 Å². The largest absolute Gasteiger partial charge is 0.478 e. The Morgan fingerprint density at radius 1 is 1.28 bits per heavy atom. The van der Waals surface area contributed by atoms with E-state index < -0.39 is 5.97 Å². The molecule has 0 atom stereocenters. The Kier molecular flexibility index (Phi) is 3.33. The molecule has 18 heavy (non-hydrogen) atoms. The molecule has 0 saturated heterocycles. The number of fused-ring (bicyclic) bond motifs is 1. The lowest BCUT2D eigenvalue weighted by Crippen LogP contribution is -1.96. The van der Waals surface area contributed by atoms with Crippen LogP contribution in [0.25, 0.3) is 16.6 Å². The number of benzene rings is 1. The second-order valence-corrected chi connectivity index (χ2v) is 3.98. The van der Waals surface area contributed by atoms with Gasteiger partial charge < -0.3 is 9.67 Å². The summed E-state index contributed by atoms with van der Waals surface area (Å²) in [6, 6.07) is 7.09. The molecule has 1 aromatic heterocycles. The first-order chi connectivity index (χ1) is 8.67. The Morgan fingerprint density at radius 2 is 2.06 bits per heavy atom. The lowest BCUT2D eigenvalue weighted by Gasteiger charge is -2.06. The summed E-state index contributed by atoms with van der Waals surface area (Å²) in [5.41, 5.74) is 2.38. The van der Waals surface area contributed by atoms with Gasteiger partial charge in [0.15, 0.2) is 0 Å². The molecule has 0 aliphatic rings. The summed E-state index contributed by atoms with van der Waals surface area (Å²) in [6.45, 7) is 3.95. The van der Waals surface area contributed by atoms with Crippen molar-refractivity contribution >= 4 is 22.6 Å². The van der Waals surface area contributed by atoms with E-state index in [9.17, 15) is 4.79 Å². The number of aromatic nitrogens is 1. The van der Waals surface area contributed by atoms with Crippen LogP contribution in [0.3, 0.4) is 0 Å². The zero-order chi connectivity index (χ0) is 13.1. The van der Waals surface area contributed by atoms with Crippen molar-refractivity contribution in [3.8, 4) is 0 Å². The molecule has 0 bridgehead atoms. The Balaban J connectivity index is 2.59. The summed E-state index contributed by atoms with van der Waals surface area (Å²) in [5.74, 6) is -0.899. The van der Waals surface area contributed by atoms with E-state index in [0.29, 0.717) is 5.56 Å². The fraction of sp³-hybridized carbons (Fsp3) is 0.133.